The van der Waals surface area contributed by atoms with Gasteiger partial charge in [-0.05, 0) is 44.9 Å². The van der Waals surface area contributed by atoms with Gasteiger partial charge in [0.25, 0.3) is 5.91 Å². The standard InChI is InChI=1S/C23H31N5O5/c1-6-11-32-22(30)20-15(4)26-23-24-14-25-28(23)21(20)16-9-10-17(18(12-16)31-5)33-13-19(29)27(7-2)8-3/h9-10,12,14,21H,6-8,11,13H2,1-5H3,(H,24,25,26). The molecule has 0 radical (unpaired) electrons. The number of anilines is 1. The van der Waals surface area contributed by atoms with Gasteiger partial charge in [-0.25, -0.2) is 9.48 Å². The van der Waals surface area contributed by atoms with Gasteiger partial charge in [-0.2, -0.15) is 10.1 Å². The number of nitrogens with zero attached hydrogens (tertiary/aromatic N) is 4. The first kappa shape index (κ1) is 24.1. The summed E-state index contributed by atoms with van der Waals surface area (Å²) in [4.78, 5) is 31.2. The molecule has 1 aromatic carbocycles. The molecule has 10 heteroatoms. The van der Waals surface area contributed by atoms with Gasteiger partial charge < -0.3 is 24.4 Å². The van der Waals surface area contributed by atoms with Crippen molar-refractivity contribution in [3.05, 3.63) is 41.4 Å². The average Bonchev–Trinajstić information content (AvgIpc) is 3.29. The molecule has 1 N–H and O–H groups in total. The minimum atomic E-state index is -0.562. The number of methoxy groups -OCH3 is 1. The molecule has 1 amide bonds. The molecular weight excluding hydrogens is 426 g/mol. The summed E-state index contributed by atoms with van der Waals surface area (Å²) in [5.74, 6) is 0.881. The lowest BCUT2D eigenvalue weighted by Gasteiger charge is -2.28. The fourth-order valence-corrected chi connectivity index (χ4v) is 3.72. The Labute approximate surface area is 193 Å². The van der Waals surface area contributed by atoms with Crippen LogP contribution in [0, 0.1) is 0 Å². The van der Waals surface area contributed by atoms with Crippen molar-refractivity contribution in [2.75, 3.05) is 38.7 Å². The molecule has 2 aromatic rings. The number of rotatable bonds is 10. The maximum atomic E-state index is 12.9. The van der Waals surface area contributed by atoms with Crippen molar-refractivity contribution in [3.8, 4) is 11.5 Å². The lowest BCUT2D eigenvalue weighted by molar-refractivity contribution is -0.139. The number of hydrogen-bond donors (Lipinski definition) is 1. The highest BCUT2D eigenvalue weighted by atomic mass is 16.5. The van der Waals surface area contributed by atoms with Crippen LogP contribution >= 0.6 is 0 Å². The van der Waals surface area contributed by atoms with Crippen LogP contribution in [0.25, 0.3) is 0 Å². The highest BCUT2D eigenvalue weighted by molar-refractivity contribution is 5.92. The molecule has 1 aliphatic heterocycles. The van der Waals surface area contributed by atoms with Crippen molar-refractivity contribution >= 4 is 17.8 Å². The van der Waals surface area contributed by atoms with Crippen LogP contribution in [0.2, 0.25) is 0 Å². The molecule has 1 aliphatic rings. The number of hydrogen-bond acceptors (Lipinski definition) is 8. The first-order valence-corrected chi connectivity index (χ1v) is 11.1. The van der Waals surface area contributed by atoms with Crippen LogP contribution in [0.4, 0.5) is 5.95 Å². The lowest BCUT2D eigenvalue weighted by Crippen LogP contribution is -2.34. The fraction of sp³-hybridized carbons (Fsp3) is 0.478. The Morgan fingerprint density at radius 3 is 2.61 bits per heavy atom. The van der Waals surface area contributed by atoms with E-state index in [1.165, 1.54) is 13.4 Å². The number of amides is 1. The Bertz CT molecular complexity index is 1030. The Kier molecular flexibility index (Phi) is 7.92. The topological polar surface area (TPSA) is 108 Å². The molecule has 178 valence electrons. The highest BCUT2D eigenvalue weighted by Crippen LogP contribution is 2.38. The van der Waals surface area contributed by atoms with E-state index in [2.05, 4.69) is 15.4 Å². The molecule has 0 aliphatic carbocycles. The zero-order valence-corrected chi connectivity index (χ0v) is 19.8. The summed E-state index contributed by atoms with van der Waals surface area (Å²) in [5, 5.41) is 7.43. The summed E-state index contributed by atoms with van der Waals surface area (Å²) in [6.45, 7) is 9.06. The van der Waals surface area contributed by atoms with Crippen molar-refractivity contribution in [2.24, 2.45) is 0 Å². The molecule has 0 saturated carbocycles. The molecular formula is C23H31N5O5. The number of carbonyl (C=O) groups is 2. The van der Waals surface area contributed by atoms with Gasteiger partial charge in [0, 0.05) is 18.8 Å². The van der Waals surface area contributed by atoms with Crippen LogP contribution in [0.3, 0.4) is 0 Å². The molecule has 10 nitrogen and oxygen atoms in total. The van der Waals surface area contributed by atoms with Gasteiger partial charge in [0.05, 0.1) is 19.3 Å². The van der Waals surface area contributed by atoms with Gasteiger partial charge in [-0.15, -0.1) is 0 Å². The number of ether oxygens (including phenoxy) is 3. The van der Waals surface area contributed by atoms with E-state index in [0.29, 0.717) is 48.4 Å². The number of benzene rings is 1. The normalized spacial score (nSPS) is 14.9. The fourth-order valence-electron chi connectivity index (χ4n) is 3.72. The number of aromatic nitrogens is 3. The van der Waals surface area contributed by atoms with Crippen LogP contribution in [-0.4, -0.2) is 65.0 Å². The molecule has 3 rings (SSSR count). The third kappa shape index (κ3) is 5.10. The van der Waals surface area contributed by atoms with Crippen molar-refractivity contribution in [1.82, 2.24) is 19.7 Å². The molecule has 0 fully saturated rings. The Hall–Kier alpha value is -3.56. The summed E-state index contributed by atoms with van der Waals surface area (Å²) < 4.78 is 18.4. The van der Waals surface area contributed by atoms with Crippen LogP contribution in [0.1, 0.15) is 45.7 Å². The van der Waals surface area contributed by atoms with Gasteiger partial charge in [-0.3, -0.25) is 4.79 Å². The van der Waals surface area contributed by atoms with Gasteiger partial charge in [0.2, 0.25) is 5.95 Å². The molecule has 1 unspecified atom stereocenters. The van der Waals surface area contributed by atoms with Crippen molar-refractivity contribution in [3.63, 3.8) is 0 Å². The summed E-state index contributed by atoms with van der Waals surface area (Å²) >= 11 is 0. The van der Waals surface area contributed by atoms with Crippen LogP contribution in [0.15, 0.2) is 35.8 Å². The molecule has 0 bridgehead atoms. The predicted molar refractivity (Wildman–Crippen MR) is 122 cm³/mol. The second-order valence-corrected chi connectivity index (χ2v) is 7.50. The van der Waals surface area contributed by atoms with E-state index < -0.39 is 12.0 Å². The molecule has 33 heavy (non-hydrogen) atoms. The van der Waals surface area contributed by atoms with Gasteiger partial charge in [0.1, 0.15) is 12.4 Å². The lowest BCUT2D eigenvalue weighted by atomic mass is 9.95. The number of fused-ring (bicyclic) bond motifs is 1. The quantitative estimate of drug-likeness (QED) is 0.543. The second kappa shape index (κ2) is 10.8. The second-order valence-electron chi connectivity index (χ2n) is 7.50. The number of nitrogens with one attached hydrogen (secondary N) is 1. The Morgan fingerprint density at radius 1 is 1.18 bits per heavy atom. The van der Waals surface area contributed by atoms with Crippen molar-refractivity contribution in [1.29, 1.82) is 0 Å². The monoisotopic (exact) mass is 457 g/mol. The largest absolute Gasteiger partial charge is 0.493 e. The smallest absolute Gasteiger partial charge is 0.338 e. The number of esters is 1. The number of allylic oxidation sites excluding steroid dienone is 1. The molecule has 0 spiro atoms. The number of carbonyl (C=O) groups excluding carboxylic acids is 2. The summed E-state index contributed by atoms with van der Waals surface area (Å²) in [6, 6.07) is 4.76. The minimum Gasteiger partial charge on any atom is -0.493 e. The van der Waals surface area contributed by atoms with E-state index in [1.54, 1.807) is 28.6 Å². The first-order chi connectivity index (χ1) is 15.9. The van der Waals surface area contributed by atoms with E-state index in [9.17, 15) is 9.59 Å². The molecule has 0 saturated heterocycles. The third-order valence-corrected chi connectivity index (χ3v) is 5.42. The van der Waals surface area contributed by atoms with E-state index in [4.69, 9.17) is 14.2 Å². The maximum absolute atomic E-state index is 12.9. The SMILES string of the molecule is CCCOC(=O)C1=C(C)Nc2ncnn2C1c1ccc(OCC(=O)N(CC)CC)c(OC)c1. The van der Waals surface area contributed by atoms with Crippen LogP contribution < -0.4 is 14.8 Å². The zero-order chi connectivity index (χ0) is 24.0. The van der Waals surface area contributed by atoms with E-state index in [-0.39, 0.29) is 12.5 Å². The Balaban J connectivity index is 1.93. The summed E-state index contributed by atoms with van der Waals surface area (Å²) in [7, 11) is 1.53. The van der Waals surface area contributed by atoms with Gasteiger partial charge in [0.15, 0.2) is 18.1 Å². The highest BCUT2D eigenvalue weighted by Gasteiger charge is 2.34. The average molecular weight is 458 g/mol. The van der Waals surface area contributed by atoms with Crippen LogP contribution in [-0.2, 0) is 14.3 Å². The molecule has 2 heterocycles. The number of likely N-dealkylation sites (N-methyl/N-ethyl adjacent to an activating group) is 1. The zero-order valence-electron chi connectivity index (χ0n) is 19.8. The van der Waals surface area contributed by atoms with E-state index in [0.717, 1.165) is 12.0 Å². The third-order valence-electron chi connectivity index (χ3n) is 5.42. The molecule has 1 atom stereocenters. The Morgan fingerprint density at radius 2 is 1.94 bits per heavy atom. The summed E-state index contributed by atoms with van der Waals surface area (Å²) in [5.41, 5.74) is 1.82. The van der Waals surface area contributed by atoms with Gasteiger partial charge in [-0.1, -0.05) is 13.0 Å². The summed E-state index contributed by atoms with van der Waals surface area (Å²) in [6.07, 6.45) is 2.15. The maximum Gasteiger partial charge on any atom is 0.338 e. The first-order valence-electron chi connectivity index (χ1n) is 11.1. The molecule has 1 aromatic heterocycles. The van der Waals surface area contributed by atoms with E-state index in [1.807, 2.05) is 26.8 Å². The van der Waals surface area contributed by atoms with Crippen molar-refractivity contribution < 1.29 is 23.8 Å². The minimum absolute atomic E-state index is 0.0917. The van der Waals surface area contributed by atoms with E-state index >= 15 is 0 Å². The van der Waals surface area contributed by atoms with Crippen molar-refractivity contribution in [2.45, 2.75) is 40.2 Å². The predicted octanol–water partition coefficient (Wildman–Crippen LogP) is 2.78. The van der Waals surface area contributed by atoms with Gasteiger partial charge >= 0.3 is 5.97 Å². The van der Waals surface area contributed by atoms with Crippen LogP contribution in [0.5, 0.6) is 11.5 Å².